The van der Waals surface area contributed by atoms with E-state index in [1.807, 2.05) is 6.08 Å². The second kappa shape index (κ2) is 7.49. The van der Waals surface area contributed by atoms with Crippen molar-refractivity contribution in [3.8, 4) is 0 Å². The van der Waals surface area contributed by atoms with Crippen LogP contribution in [-0.2, 0) is 4.79 Å². The van der Waals surface area contributed by atoms with E-state index >= 15 is 0 Å². The Morgan fingerprint density at radius 2 is 2.04 bits per heavy atom. The first-order valence-corrected chi connectivity index (χ1v) is 10.7. The van der Waals surface area contributed by atoms with Crippen molar-refractivity contribution in [3.63, 3.8) is 0 Å². The Kier molecular flexibility index (Phi) is 5.66. The lowest BCUT2D eigenvalue weighted by molar-refractivity contribution is -0.117. The Morgan fingerprint density at radius 1 is 1.31 bits per heavy atom. The number of carbonyl (C=O) groups is 1. The minimum Gasteiger partial charge on any atom is -0.294 e. The van der Waals surface area contributed by atoms with E-state index in [-0.39, 0.29) is 5.92 Å². The molecule has 0 aromatic carbocycles. The highest BCUT2D eigenvalue weighted by Gasteiger charge is 2.50. The summed E-state index contributed by atoms with van der Waals surface area (Å²) in [5, 5.41) is 0. The lowest BCUT2D eigenvalue weighted by Gasteiger charge is -2.41. The molecule has 0 amide bonds. The van der Waals surface area contributed by atoms with Crippen LogP contribution in [0.15, 0.2) is 34.9 Å². The predicted octanol–water partition coefficient (Wildman–Crippen LogP) is 6.90. The third kappa shape index (κ3) is 3.64. The summed E-state index contributed by atoms with van der Waals surface area (Å²) in [5.41, 5.74) is 4.50. The molecule has 0 spiro atoms. The highest BCUT2D eigenvalue weighted by Crippen LogP contribution is 2.58. The summed E-state index contributed by atoms with van der Waals surface area (Å²) >= 11 is 0. The molecule has 26 heavy (non-hydrogen) atoms. The van der Waals surface area contributed by atoms with Gasteiger partial charge in [-0.2, -0.15) is 0 Å². The van der Waals surface area contributed by atoms with Crippen molar-refractivity contribution in [3.05, 3.63) is 34.9 Å². The highest BCUT2D eigenvalue weighted by molar-refractivity contribution is 5.97. The fourth-order valence-electron chi connectivity index (χ4n) is 6.29. The molecule has 0 heterocycles. The maximum absolute atomic E-state index is 12.5. The molecule has 6 atom stereocenters. The Balaban J connectivity index is 1.80. The van der Waals surface area contributed by atoms with E-state index in [9.17, 15) is 4.79 Å². The molecule has 0 unspecified atom stereocenters. The fourth-order valence-corrected chi connectivity index (χ4v) is 6.29. The Morgan fingerprint density at radius 3 is 2.73 bits per heavy atom. The van der Waals surface area contributed by atoms with Gasteiger partial charge in [-0.3, -0.25) is 4.79 Å². The summed E-state index contributed by atoms with van der Waals surface area (Å²) in [4.78, 5) is 12.5. The molecule has 1 fully saturated rings. The maximum atomic E-state index is 12.5. The van der Waals surface area contributed by atoms with Crippen molar-refractivity contribution in [1.29, 1.82) is 0 Å². The van der Waals surface area contributed by atoms with Crippen LogP contribution in [0.5, 0.6) is 0 Å². The van der Waals surface area contributed by atoms with Crippen LogP contribution >= 0.6 is 0 Å². The van der Waals surface area contributed by atoms with Gasteiger partial charge in [-0.25, -0.2) is 0 Å². The number of rotatable bonds is 4. The van der Waals surface area contributed by atoms with E-state index in [0.717, 1.165) is 17.8 Å². The molecule has 3 aliphatic rings. The van der Waals surface area contributed by atoms with E-state index < -0.39 is 0 Å². The van der Waals surface area contributed by atoms with E-state index in [0.29, 0.717) is 17.1 Å². The van der Waals surface area contributed by atoms with Gasteiger partial charge in [0.15, 0.2) is 5.78 Å². The zero-order valence-corrected chi connectivity index (χ0v) is 17.8. The fraction of sp³-hybridized carbons (Fsp3) is 0.720. The van der Waals surface area contributed by atoms with Crippen molar-refractivity contribution in [2.75, 3.05) is 0 Å². The number of hydrogen-bond donors (Lipinski definition) is 0. The second-order valence-electron chi connectivity index (χ2n) is 10.1. The molecule has 3 rings (SSSR count). The Labute approximate surface area is 161 Å². The standard InChI is InChI=1S/C25H38O/c1-16(2)8-7-9-17(3)20-12-13-25(6)15-21-19(5)14-23(26)24(21)18(4)10-11-22(20)25/h8,10,14,17,20-22,24H,7,9,11-13,15H2,1-6H3/b18-10-/t17-,20+,21+,22-,24-,25+/m0/s1. The third-order valence-corrected chi connectivity index (χ3v) is 7.90. The van der Waals surface area contributed by atoms with Gasteiger partial charge in [-0.05, 0) is 101 Å². The van der Waals surface area contributed by atoms with Crippen molar-refractivity contribution < 1.29 is 4.79 Å². The van der Waals surface area contributed by atoms with Gasteiger partial charge in [0.2, 0.25) is 0 Å². The zero-order valence-electron chi connectivity index (χ0n) is 17.8. The van der Waals surface area contributed by atoms with Crippen molar-refractivity contribution in [2.24, 2.45) is 35.0 Å². The topological polar surface area (TPSA) is 17.1 Å². The molecule has 0 aromatic heterocycles. The summed E-state index contributed by atoms with van der Waals surface area (Å²) < 4.78 is 0. The zero-order chi connectivity index (χ0) is 19.1. The van der Waals surface area contributed by atoms with Gasteiger partial charge in [0.1, 0.15) is 0 Å². The predicted molar refractivity (Wildman–Crippen MR) is 111 cm³/mol. The molecule has 0 bridgehead atoms. The Hall–Kier alpha value is -1.11. The first kappa shape index (κ1) is 19.6. The van der Waals surface area contributed by atoms with Crippen LogP contribution in [0.4, 0.5) is 0 Å². The number of carbonyl (C=O) groups excluding carboxylic acids is 1. The summed E-state index contributed by atoms with van der Waals surface area (Å²) in [6, 6.07) is 0. The molecular formula is C25H38O. The second-order valence-corrected chi connectivity index (χ2v) is 10.1. The first-order valence-electron chi connectivity index (χ1n) is 10.7. The molecule has 0 N–H and O–H groups in total. The average Bonchev–Trinajstić information content (AvgIpc) is 3.00. The SMILES string of the molecule is CC(C)=CCC[C@H](C)[C@H]1CC[C@]2(C)C[C@@H]3C(C)=CC(=O)[C@H]3/C(C)=C\C[C@@H]12. The molecule has 144 valence electrons. The molecule has 0 saturated heterocycles. The quantitative estimate of drug-likeness (QED) is 0.502. The van der Waals surface area contributed by atoms with Gasteiger partial charge in [0.25, 0.3) is 0 Å². The maximum Gasteiger partial charge on any atom is 0.163 e. The van der Waals surface area contributed by atoms with Gasteiger partial charge < -0.3 is 0 Å². The van der Waals surface area contributed by atoms with Gasteiger partial charge in [-0.15, -0.1) is 0 Å². The van der Waals surface area contributed by atoms with Crippen LogP contribution in [0, 0.1) is 35.0 Å². The number of hydrogen-bond acceptors (Lipinski definition) is 1. The molecule has 1 saturated carbocycles. The monoisotopic (exact) mass is 354 g/mol. The van der Waals surface area contributed by atoms with E-state index in [4.69, 9.17) is 0 Å². The molecule has 0 aliphatic heterocycles. The van der Waals surface area contributed by atoms with Gasteiger partial charge in [0, 0.05) is 5.92 Å². The lowest BCUT2D eigenvalue weighted by atomic mass is 9.63. The smallest absolute Gasteiger partial charge is 0.163 e. The first-order chi connectivity index (χ1) is 12.2. The van der Waals surface area contributed by atoms with Crippen LogP contribution in [0.1, 0.15) is 80.1 Å². The van der Waals surface area contributed by atoms with Crippen LogP contribution in [-0.4, -0.2) is 5.78 Å². The lowest BCUT2D eigenvalue weighted by Crippen LogP contribution is -2.34. The normalized spacial score (nSPS) is 39.8. The minimum atomic E-state index is 0.141. The largest absolute Gasteiger partial charge is 0.294 e. The van der Waals surface area contributed by atoms with Gasteiger partial charge in [0.05, 0.1) is 0 Å². The summed E-state index contributed by atoms with van der Waals surface area (Å²) in [6.45, 7) is 13.8. The summed E-state index contributed by atoms with van der Waals surface area (Å²) in [6.07, 6.45) is 14.4. The van der Waals surface area contributed by atoms with Crippen LogP contribution in [0.3, 0.4) is 0 Å². The number of allylic oxidation sites excluding steroid dienone is 6. The number of fused-ring (bicyclic) bond motifs is 2. The van der Waals surface area contributed by atoms with Crippen molar-refractivity contribution >= 4 is 5.78 Å². The summed E-state index contributed by atoms with van der Waals surface area (Å²) in [7, 11) is 0. The number of ketones is 1. The average molecular weight is 355 g/mol. The highest BCUT2D eigenvalue weighted by atomic mass is 16.1. The molecule has 1 heteroatoms. The van der Waals surface area contributed by atoms with Gasteiger partial charge in [-0.1, -0.05) is 42.7 Å². The summed E-state index contributed by atoms with van der Waals surface area (Å²) in [5.74, 6) is 3.36. The van der Waals surface area contributed by atoms with Crippen LogP contribution in [0.2, 0.25) is 0 Å². The van der Waals surface area contributed by atoms with Crippen molar-refractivity contribution in [1.82, 2.24) is 0 Å². The van der Waals surface area contributed by atoms with E-state index in [2.05, 4.69) is 53.7 Å². The van der Waals surface area contributed by atoms with Crippen LogP contribution in [0.25, 0.3) is 0 Å². The molecule has 1 nitrogen and oxygen atoms in total. The minimum absolute atomic E-state index is 0.141. The van der Waals surface area contributed by atoms with Crippen molar-refractivity contribution in [2.45, 2.75) is 80.1 Å². The Bertz CT molecular complexity index is 645. The van der Waals surface area contributed by atoms with Gasteiger partial charge >= 0.3 is 0 Å². The molecule has 0 aromatic rings. The molecule has 0 radical (unpaired) electrons. The molecule has 3 aliphatic carbocycles. The van der Waals surface area contributed by atoms with Crippen LogP contribution < -0.4 is 0 Å². The third-order valence-electron chi connectivity index (χ3n) is 7.90. The molecular weight excluding hydrogens is 316 g/mol. The van der Waals surface area contributed by atoms with E-state index in [1.54, 1.807) is 0 Å². The van der Waals surface area contributed by atoms with E-state index in [1.165, 1.54) is 55.2 Å².